The van der Waals surface area contributed by atoms with Crippen molar-refractivity contribution in [3.8, 4) is 0 Å². The van der Waals surface area contributed by atoms with Crippen LogP contribution in [0.4, 0.5) is 0 Å². The van der Waals surface area contributed by atoms with Crippen molar-refractivity contribution in [3.63, 3.8) is 0 Å². The van der Waals surface area contributed by atoms with Gasteiger partial charge in [0.25, 0.3) is 0 Å². The molecule has 0 saturated carbocycles. The third kappa shape index (κ3) is 0.827. The van der Waals surface area contributed by atoms with E-state index in [-0.39, 0.29) is 0 Å². The first-order chi connectivity index (χ1) is 4.86. The van der Waals surface area contributed by atoms with Crippen LogP contribution in [0.15, 0.2) is 29.0 Å². The molecule has 0 N–H and O–H groups in total. The summed E-state index contributed by atoms with van der Waals surface area (Å²) in [5.41, 5.74) is 0.920. The molecule has 2 aromatic rings. The second kappa shape index (κ2) is 2.09. The normalized spacial score (nSPS) is 10.5. The minimum absolute atomic E-state index is 0.920. The van der Waals surface area contributed by atoms with E-state index in [1.807, 2.05) is 22.7 Å². The van der Waals surface area contributed by atoms with Gasteiger partial charge in [0.1, 0.15) is 5.65 Å². The van der Waals surface area contributed by atoms with Crippen molar-refractivity contribution in [3.05, 3.63) is 35.2 Å². The van der Waals surface area contributed by atoms with Crippen LogP contribution in [0.3, 0.4) is 0 Å². The average Bonchev–Trinajstić information content (AvgIpc) is 2.33. The van der Waals surface area contributed by atoms with Gasteiger partial charge in [0.15, 0.2) is 0 Å². The van der Waals surface area contributed by atoms with Crippen molar-refractivity contribution in [1.29, 1.82) is 0 Å². The van der Waals surface area contributed by atoms with Gasteiger partial charge >= 0.3 is 0 Å². The molecule has 0 unspecified atom stereocenters. The van der Waals surface area contributed by atoms with Crippen molar-refractivity contribution < 1.29 is 0 Å². The van der Waals surface area contributed by atoms with Crippen molar-refractivity contribution >= 4 is 21.6 Å². The lowest BCUT2D eigenvalue weighted by atomic mass is 10.5. The molecule has 2 nitrogen and oxygen atoms in total. The third-order valence-electron chi connectivity index (χ3n) is 1.28. The standard InChI is InChI=1S/C7H4BrN2/c8-6-1-2-7-9-3-4-10(7)5-6/h1-3,5H. The van der Waals surface area contributed by atoms with Crippen LogP contribution < -0.4 is 0 Å². The lowest BCUT2D eigenvalue weighted by molar-refractivity contribution is 1.16. The summed E-state index contributed by atoms with van der Waals surface area (Å²) in [5, 5.41) is 0. The van der Waals surface area contributed by atoms with Crippen LogP contribution in [0.2, 0.25) is 0 Å². The van der Waals surface area contributed by atoms with Crippen molar-refractivity contribution in [2.75, 3.05) is 0 Å². The molecule has 0 saturated heterocycles. The number of halogens is 1. The van der Waals surface area contributed by atoms with Crippen LogP contribution in [-0.2, 0) is 0 Å². The Bertz CT molecular complexity index is 353. The maximum Gasteiger partial charge on any atom is 0.137 e. The van der Waals surface area contributed by atoms with E-state index in [9.17, 15) is 0 Å². The Labute approximate surface area is 66.6 Å². The minimum atomic E-state index is 0.920. The molecule has 0 aliphatic carbocycles. The molecular formula is C7H4BrN2. The number of pyridine rings is 1. The zero-order valence-corrected chi connectivity index (χ0v) is 6.67. The molecule has 2 heterocycles. The number of rotatable bonds is 0. The maximum atomic E-state index is 4.05. The number of imidazole rings is 1. The van der Waals surface area contributed by atoms with Gasteiger partial charge in [0, 0.05) is 10.7 Å². The molecule has 2 rings (SSSR count). The van der Waals surface area contributed by atoms with Gasteiger partial charge < -0.3 is 0 Å². The van der Waals surface area contributed by atoms with Gasteiger partial charge in [-0.2, -0.15) is 0 Å². The molecule has 0 aromatic carbocycles. The van der Waals surface area contributed by atoms with E-state index in [2.05, 4.69) is 27.1 Å². The molecule has 0 aliphatic rings. The highest BCUT2D eigenvalue weighted by molar-refractivity contribution is 9.10. The van der Waals surface area contributed by atoms with Crippen LogP contribution in [0.5, 0.6) is 0 Å². The van der Waals surface area contributed by atoms with E-state index in [1.54, 1.807) is 6.20 Å². The molecule has 10 heavy (non-hydrogen) atoms. The van der Waals surface area contributed by atoms with Gasteiger partial charge in [-0.15, -0.1) is 0 Å². The molecule has 1 radical (unpaired) electrons. The SMILES string of the molecule is Brc1ccc2nc[c]n2c1. The number of hydrogen-bond acceptors (Lipinski definition) is 1. The predicted molar refractivity (Wildman–Crippen MR) is 41.7 cm³/mol. The third-order valence-corrected chi connectivity index (χ3v) is 1.75. The van der Waals surface area contributed by atoms with Crippen LogP contribution >= 0.6 is 15.9 Å². The highest BCUT2D eigenvalue weighted by atomic mass is 79.9. The van der Waals surface area contributed by atoms with E-state index in [4.69, 9.17) is 0 Å². The second-order valence-electron chi connectivity index (χ2n) is 1.96. The first-order valence-corrected chi connectivity index (χ1v) is 3.66. The highest BCUT2D eigenvalue weighted by Gasteiger charge is 1.91. The lowest BCUT2D eigenvalue weighted by Crippen LogP contribution is -1.80. The van der Waals surface area contributed by atoms with Crippen molar-refractivity contribution in [1.82, 2.24) is 9.38 Å². The molecular weight excluding hydrogens is 192 g/mol. The number of fused-ring (bicyclic) bond motifs is 1. The Kier molecular flexibility index (Phi) is 1.24. The number of nitrogens with zero attached hydrogens (tertiary/aromatic N) is 2. The average molecular weight is 196 g/mol. The highest BCUT2D eigenvalue weighted by Crippen LogP contribution is 2.09. The molecule has 0 fully saturated rings. The fourth-order valence-corrected chi connectivity index (χ4v) is 1.17. The first-order valence-electron chi connectivity index (χ1n) is 2.86. The van der Waals surface area contributed by atoms with Crippen LogP contribution in [0, 0.1) is 6.20 Å². The Morgan fingerprint density at radius 2 is 2.40 bits per heavy atom. The Morgan fingerprint density at radius 3 is 3.30 bits per heavy atom. The van der Waals surface area contributed by atoms with Gasteiger partial charge in [0.2, 0.25) is 0 Å². The van der Waals surface area contributed by atoms with Crippen molar-refractivity contribution in [2.45, 2.75) is 0 Å². The smallest absolute Gasteiger partial charge is 0.137 e. The largest absolute Gasteiger partial charge is 0.297 e. The van der Waals surface area contributed by atoms with E-state index in [0.29, 0.717) is 0 Å². The van der Waals surface area contributed by atoms with Crippen LogP contribution in [0.25, 0.3) is 5.65 Å². The van der Waals surface area contributed by atoms with Gasteiger partial charge in [-0.25, -0.2) is 4.98 Å². The number of hydrogen-bond donors (Lipinski definition) is 0. The molecule has 0 atom stereocenters. The van der Waals surface area contributed by atoms with Gasteiger partial charge in [-0.05, 0) is 28.1 Å². The molecule has 0 aliphatic heterocycles. The molecule has 3 heteroatoms. The monoisotopic (exact) mass is 195 g/mol. The quantitative estimate of drug-likeness (QED) is 0.628. The molecule has 0 amide bonds. The Morgan fingerprint density at radius 1 is 1.50 bits per heavy atom. The summed E-state index contributed by atoms with van der Waals surface area (Å²) in [5.74, 6) is 0. The van der Waals surface area contributed by atoms with E-state index in [0.717, 1.165) is 10.1 Å². The second-order valence-corrected chi connectivity index (χ2v) is 2.88. The summed E-state index contributed by atoms with van der Waals surface area (Å²) in [6.45, 7) is 0. The predicted octanol–water partition coefficient (Wildman–Crippen LogP) is 1.90. The van der Waals surface area contributed by atoms with E-state index < -0.39 is 0 Å². The summed E-state index contributed by atoms with van der Waals surface area (Å²) in [6, 6.07) is 3.89. The first kappa shape index (κ1) is 5.92. The van der Waals surface area contributed by atoms with Crippen molar-refractivity contribution in [2.24, 2.45) is 0 Å². The van der Waals surface area contributed by atoms with Gasteiger partial charge in [-0.3, -0.25) is 4.40 Å². The summed E-state index contributed by atoms with van der Waals surface area (Å²) >= 11 is 3.35. The fraction of sp³-hybridized carbons (Fsp3) is 0. The molecule has 0 bridgehead atoms. The minimum Gasteiger partial charge on any atom is -0.297 e. The molecule has 49 valence electrons. The Balaban J connectivity index is 2.86. The topological polar surface area (TPSA) is 17.3 Å². The maximum absolute atomic E-state index is 4.05. The summed E-state index contributed by atoms with van der Waals surface area (Å²) in [4.78, 5) is 4.05. The molecule has 2 aromatic heterocycles. The zero-order valence-electron chi connectivity index (χ0n) is 5.08. The van der Waals surface area contributed by atoms with E-state index >= 15 is 0 Å². The fourth-order valence-electron chi connectivity index (χ4n) is 0.833. The van der Waals surface area contributed by atoms with Gasteiger partial charge in [-0.1, -0.05) is 0 Å². The zero-order chi connectivity index (χ0) is 6.97. The lowest BCUT2D eigenvalue weighted by Gasteiger charge is -1.91. The summed E-state index contributed by atoms with van der Waals surface area (Å²) < 4.78 is 2.87. The molecule has 0 spiro atoms. The van der Waals surface area contributed by atoms with Crippen LogP contribution in [0.1, 0.15) is 0 Å². The number of aromatic nitrogens is 2. The Hall–Kier alpha value is -0.830. The van der Waals surface area contributed by atoms with E-state index in [1.165, 1.54) is 0 Å². The van der Waals surface area contributed by atoms with Crippen LogP contribution in [-0.4, -0.2) is 9.38 Å². The summed E-state index contributed by atoms with van der Waals surface area (Å²) in [6.07, 6.45) is 6.51. The summed E-state index contributed by atoms with van der Waals surface area (Å²) in [7, 11) is 0. The van der Waals surface area contributed by atoms with Gasteiger partial charge in [0.05, 0.1) is 12.4 Å².